The fraction of sp³-hybridized carbons (Fsp3) is 0.688. The number of rotatable bonds is 5. The number of nitrogens with one attached hydrogen (secondary N) is 1. The molecule has 6 nitrogen and oxygen atoms in total. The highest BCUT2D eigenvalue weighted by Gasteiger charge is 2.29. The van der Waals surface area contributed by atoms with Crippen LogP contribution in [-0.4, -0.2) is 62.8 Å². The summed E-state index contributed by atoms with van der Waals surface area (Å²) in [6.45, 7) is 2.76. The van der Waals surface area contributed by atoms with Crippen LogP contribution in [0.15, 0.2) is 16.3 Å². The normalized spacial score (nSPS) is 19.8. The van der Waals surface area contributed by atoms with Crippen LogP contribution in [0.4, 0.5) is 0 Å². The van der Waals surface area contributed by atoms with Gasteiger partial charge in [-0.05, 0) is 44.9 Å². The molecule has 0 spiro atoms. The Hall–Kier alpha value is -0.670. The average Bonchev–Trinajstić information content (AvgIpc) is 3.27. The summed E-state index contributed by atoms with van der Waals surface area (Å²) in [6, 6.07) is 3.92. The summed E-state index contributed by atoms with van der Waals surface area (Å²) in [5, 5.41) is 3.25. The minimum absolute atomic E-state index is 0. The molecule has 3 heterocycles. The lowest BCUT2D eigenvalue weighted by Gasteiger charge is -2.31. The van der Waals surface area contributed by atoms with Crippen LogP contribution in [0.5, 0.6) is 0 Å². The molecule has 2 saturated heterocycles. The van der Waals surface area contributed by atoms with E-state index in [4.69, 9.17) is 0 Å². The van der Waals surface area contributed by atoms with Crippen molar-refractivity contribution >= 4 is 39.7 Å². The lowest BCUT2D eigenvalue weighted by molar-refractivity contribution is -0.131. The maximum Gasteiger partial charge on any atom is 0.252 e. The summed E-state index contributed by atoms with van der Waals surface area (Å²) in [4.78, 5) is 15.1. The molecule has 2 fully saturated rings. The van der Waals surface area contributed by atoms with Gasteiger partial charge in [0.1, 0.15) is 4.21 Å². The molecule has 9 heteroatoms. The first-order valence-corrected chi connectivity index (χ1v) is 10.8. The number of carbonyl (C=O) groups excluding carboxylic acids is 1. The van der Waals surface area contributed by atoms with Crippen molar-refractivity contribution in [2.75, 3.05) is 33.2 Å². The Bertz CT molecular complexity index is 679. The molecule has 0 atom stereocenters. The van der Waals surface area contributed by atoms with E-state index in [0.717, 1.165) is 43.6 Å². The highest BCUT2D eigenvalue weighted by molar-refractivity contribution is 7.91. The second kappa shape index (κ2) is 8.81. The van der Waals surface area contributed by atoms with Gasteiger partial charge in [-0.3, -0.25) is 4.79 Å². The van der Waals surface area contributed by atoms with Crippen molar-refractivity contribution in [2.45, 2.75) is 42.4 Å². The van der Waals surface area contributed by atoms with Crippen LogP contribution >= 0.6 is 23.7 Å². The van der Waals surface area contributed by atoms with Gasteiger partial charge in [-0.2, -0.15) is 4.31 Å². The van der Waals surface area contributed by atoms with Gasteiger partial charge in [0.05, 0.1) is 6.42 Å². The zero-order valence-corrected chi connectivity index (χ0v) is 16.9. The number of carbonyl (C=O) groups is 1. The Kier molecular flexibility index (Phi) is 7.28. The van der Waals surface area contributed by atoms with Gasteiger partial charge in [0.15, 0.2) is 0 Å². The Labute approximate surface area is 160 Å². The van der Waals surface area contributed by atoms with Crippen LogP contribution in [0.3, 0.4) is 0 Å². The fourth-order valence-corrected chi connectivity index (χ4v) is 6.34. The van der Waals surface area contributed by atoms with E-state index >= 15 is 0 Å². The van der Waals surface area contributed by atoms with E-state index in [9.17, 15) is 13.2 Å². The topological polar surface area (TPSA) is 69.7 Å². The summed E-state index contributed by atoms with van der Waals surface area (Å²) >= 11 is 1.23. The molecular formula is C16H26ClN3O3S2. The molecular weight excluding hydrogens is 382 g/mol. The minimum Gasteiger partial charge on any atom is -0.342 e. The molecule has 1 aromatic rings. The smallest absolute Gasteiger partial charge is 0.252 e. The monoisotopic (exact) mass is 407 g/mol. The van der Waals surface area contributed by atoms with E-state index in [1.165, 1.54) is 11.3 Å². The van der Waals surface area contributed by atoms with Gasteiger partial charge in [0.2, 0.25) is 5.91 Å². The lowest BCUT2D eigenvalue weighted by atomic mass is 10.1. The van der Waals surface area contributed by atoms with E-state index < -0.39 is 10.0 Å². The molecule has 0 saturated carbocycles. The minimum atomic E-state index is -3.37. The SMILES string of the molecule is CNC1CCN(C(=O)Cc2ccc(S(=O)(=O)N3CCCC3)s2)CC1.Cl. The van der Waals surface area contributed by atoms with E-state index in [0.29, 0.717) is 29.8 Å². The van der Waals surface area contributed by atoms with Gasteiger partial charge in [-0.15, -0.1) is 23.7 Å². The first kappa shape index (κ1) is 20.6. The van der Waals surface area contributed by atoms with Crippen LogP contribution < -0.4 is 5.32 Å². The zero-order chi connectivity index (χ0) is 17.2. The average molecular weight is 408 g/mol. The van der Waals surface area contributed by atoms with Crippen molar-refractivity contribution in [3.05, 3.63) is 17.0 Å². The number of hydrogen-bond acceptors (Lipinski definition) is 5. The van der Waals surface area contributed by atoms with Crippen molar-refractivity contribution in [2.24, 2.45) is 0 Å². The molecule has 2 aliphatic rings. The third kappa shape index (κ3) is 4.74. The standard InChI is InChI=1S/C16H25N3O3S2.ClH/c1-17-13-6-10-18(11-7-13)15(20)12-14-4-5-16(23-14)24(21,22)19-8-2-3-9-19;/h4-5,13,17H,2-3,6-12H2,1H3;1H. The van der Waals surface area contributed by atoms with Crippen molar-refractivity contribution in [1.82, 2.24) is 14.5 Å². The second-order valence-corrected chi connectivity index (χ2v) is 9.79. The molecule has 1 N–H and O–H groups in total. The van der Waals surface area contributed by atoms with Crippen molar-refractivity contribution in [1.29, 1.82) is 0 Å². The first-order valence-electron chi connectivity index (χ1n) is 8.54. The Morgan fingerprint density at radius 1 is 1.20 bits per heavy atom. The highest BCUT2D eigenvalue weighted by atomic mass is 35.5. The van der Waals surface area contributed by atoms with Gasteiger partial charge >= 0.3 is 0 Å². The molecule has 3 rings (SSSR count). The quantitative estimate of drug-likeness (QED) is 0.806. The first-order chi connectivity index (χ1) is 11.5. The molecule has 2 aliphatic heterocycles. The molecule has 25 heavy (non-hydrogen) atoms. The van der Waals surface area contributed by atoms with Crippen molar-refractivity contribution < 1.29 is 13.2 Å². The van der Waals surface area contributed by atoms with Gasteiger partial charge in [-0.25, -0.2) is 8.42 Å². The second-order valence-electron chi connectivity index (χ2n) is 6.45. The summed E-state index contributed by atoms with van der Waals surface area (Å²) in [7, 11) is -1.42. The van der Waals surface area contributed by atoms with E-state index in [-0.39, 0.29) is 18.3 Å². The molecule has 1 amide bonds. The molecule has 142 valence electrons. The predicted octanol–water partition coefficient (Wildman–Crippen LogP) is 1.71. The van der Waals surface area contributed by atoms with Gasteiger partial charge < -0.3 is 10.2 Å². The molecule has 0 radical (unpaired) electrons. The van der Waals surface area contributed by atoms with Gasteiger partial charge in [0.25, 0.3) is 10.0 Å². The number of likely N-dealkylation sites (tertiary alicyclic amines) is 1. The van der Waals surface area contributed by atoms with E-state index in [2.05, 4.69) is 5.32 Å². The highest BCUT2D eigenvalue weighted by Crippen LogP contribution is 2.28. The summed E-state index contributed by atoms with van der Waals surface area (Å²) in [5.74, 6) is 0.0940. The number of sulfonamides is 1. The van der Waals surface area contributed by atoms with Gasteiger partial charge in [0, 0.05) is 37.1 Å². The molecule has 0 bridgehead atoms. The van der Waals surface area contributed by atoms with Crippen molar-refractivity contribution in [3.63, 3.8) is 0 Å². The number of nitrogens with zero attached hydrogens (tertiary/aromatic N) is 2. The molecule has 1 aromatic heterocycles. The third-order valence-electron chi connectivity index (χ3n) is 4.88. The summed E-state index contributed by atoms with van der Waals surface area (Å²) in [5.41, 5.74) is 0. The fourth-order valence-electron chi connectivity index (χ4n) is 3.33. The molecule has 0 aromatic carbocycles. The van der Waals surface area contributed by atoms with Crippen LogP contribution in [-0.2, 0) is 21.2 Å². The molecule has 0 aliphatic carbocycles. The largest absolute Gasteiger partial charge is 0.342 e. The number of amides is 1. The Morgan fingerprint density at radius 3 is 2.44 bits per heavy atom. The van der Waals surface area contributed by atoms with Crippen LogP contribution in [0.2, 0.25) is 0 Å². The number of piperidine rings is 1. The van der Waals surface area contributed by atoms with Crippen LogP contribution in [0.25, 0.3) is 0 Å². The summed E-state index contributed by atoms with van der Waals surface area (Å²) in [6.07, 6.45) is 4.10. The zero-order valence-electron chi connectivity index (χ0n) is 14.4. The Balaban J connectivity index is 0.00000225. The lowest BCUT2D eigenvalue weighted by Crippen LogP contribution is -2.44. The number of hydrogen-bond donors (Lipinski definition) is 1. The third-order valence-corrected chi connectivity index (χ3v) is 8.33. The van der Waals surface area contributed by atoms with Crippen LogP contribution in [0.1, 0.15) is 30.6 Å². The van der Waals surface area contributed by atoms with Crippen LogP contribution in [0, 0.1) is 0 Å². The van der Waals surface area contributed by atoms with E-state index in [1.807, 2.05) is 11.9 Å². The number of halogens is 1. The van der Waals surface area contributed by atoms with Crippen molar-refractivity contribution in [3.8, 4) is 0 Å². The Morgan fingerprint density at radius 2 is 1.84 bits per heavy atom. The van der Waals surface area contributed by atoms with E-state index in [1.54, 1.807) is 16.4 Å². The summed E-state index contributed by atoms with van der Waals surface area (Å²) < 4.78 is 27.0. The maximum atomic E-state index is 12.5. The number of thiophene rings is 1. The van der Waals surface area contributed by atoms with Gasteiger partial charge in [-0.1, -0.05) is 0 Å². The maximum absolute atomic E-state index is 12.5. The molecule has 0 unspecified atom stereocenters. The predicted molar refractivity (Wildman–Crippen MR) is 102 cm³/mol.